The van der Waals surface area contributed by atoms with E-state index in [0.717, 1.165) is 18.4 Å². The normalized spacial score (nSPS) is 17.5. The highest BCUT2D eigenvalue weighted by Gasteiger charge is 2.35. The van der Waals surface area contributed by atoms with Crippen LogP contribution in [0.5, 0.6) is 5.75 Å². The van der Waals surface area contributed by atoms with Crippen molar-refractivity contribution in [2.45, 2.75) is 26.0 Å². The topological polar surface area (TPSA) is 53.1 Å². The lowest BCUT2D eigenvalue weighted by Gasteiger charge is -2.35. The van der Waals surface area contributed by atoms with Gasteiger partial charge in [-0.1, -0.05) is 12.1 Å². The van der Waals surface area contributed by atoms with Crippen LogP contribution in [0.3, 0.4) is 0 Å². The quantitative estimate of drug-likeness (QED) is 0.723. The Balaban J connectivity index is 1.41. The van der Waals surface area contributed by atoms with Crippen LogP contribution in [-0.4, -0.2) is 72.9 Å². The first kappa shape index (κ1) is 19.5. The third-order valence-corrected chi connectivity index (χ3v) is 4.88. The van der Waals surface area contributed by atoms with Crippen molar-refractivity contribution in [2.24, 2.45) is 5.92 Å². The number of rotatable bonds is 7. The van der Waals surface area contributed by atoms with E-state index >= 15 is 0 Å². The largest absolute Gasteiger partial charge is 0.435 e. The summed E-state index contributed by atoms with van der Waals surface area (Å²) in [7, 11) is 1.84. The lowest BCUT2D eigenvalue weighted by Crippen LogP contribution is -2.52. The number of hydrogen-bond donors (Lipinski definition) is 0. The molecule has 0 N–H and O–H groups in total. The zero-order valence-electron chi connectivity index (χ0n) is 15.4. The highest BCUT2D eigenvalue weighted by atomic mass is 19.3. The van der Waals surface area contributed by atoms with Crippen molar-refractivity contribution in [2.75, 3.05) is 39.8 Å². The number of amides is 2. The zero-order chi connectivity index (χ0) is 19.4. The first-order valence-electron chi connectivity index (χ1n) is 9.21. The number of ether oxygens (including phenoxy) is 1. The number of piperazine rings is 1. The molecule has 1 heterocycles. The number of nitrogens with zero attached hydrogens (tertiary/aromatic N) is 3. The fourth-order valence-corrected chi connectivity index (χ4v) is 3.24. The van der Waals surface area contributed by atoms with E-state index in [2.05, 4.69) is 4.74 Å². The number of halogens is 2. The molecule has 0 radical (unpaired) electrons. The predicted molar refractivity (Wildman–Crippen MR) is 95.3 cm³/mol. The second-order valence-corrected chi connectivity index (χ2v) is 7.18. The summed E-state index contributed by atoms with van der Waals surface area (Å²) in [4.78, 5) is 30.1. The van der Waals surface area contributed by atoms with Gasteiger partial charge >= 0.3 is 6.61 Å². The van der Waals surface area contributed by atoms with Gasteiger partial charge in [0.1, 0.15) is 5.75 Å². The van der Waals surface area contributed by atoms with Crippen molar-refractivity contribution in [3.8, 4) is 5.75 Å². The average molecular weight is 381 g/mol. The molecule has 27 heavy (non-hydrogen) atoms. The smallest absolute Gasteiger partial charge is 0.387 e. The molecule has 0 spiro atoms. The molecular formula is C19H25F2N3O3. The van der Waals surface area contributed by atoms with Crippen LogP contribution in [0.4, 0.5) is 8.78 Å². The lowest BCUT2D eigenvalue weighted by molar-refractivity contribution is -0.140. The Morgan fingerprint density at radius 3 is 2.26 bits per heavy atom. The van der Waals surface area contributed by atoms with Crippen LogP contribution in [0, 0.1) is 5.92 Å². The third kappa shape index (κ3) is 5.63. The van der Waals surface area contributed by atoms with Gasteiger partial charge in [-0.15, -0.1) is 0 Å². The van der Waals surface area contributed by atoms with E-state index in [9.17, 15) is 18.4 Å². The molecule has 0 unspecified atom stereocenters. The standard InChI is InChI=1S/C19H25F2N3O3/c1-22(12-14-2-6-16(7-3-14)27-19(20)21)13-17(25)23-8-10-24(11-9-23)18(26)15-4-5-15/h2-3,6-7,15,19H,4-5,8-13H2,1H3. The summed E-state index contributed by atoms with van der Waals surface area (Å²) in [6, 6.07) is 6.41. The molecule has 1 aromatic rings. The van der Waals surface area contributed by atoms with E-state index in [4.69, 9.17) is 0 Å². The van der Waals surface area contributed by atoms with Gasteiger partial charge in [0.05, 0.1) is 6.54 Å². The fourth-order valence-electron chi connectivity index (χ4n) is 3.24. The Morgan fingerprint density at radius 2 is 1.70 bits per heavy atom. The second kappa shape index (κ2) is 8.65. The molecule has 1 saturated heterocycles. The van der Waals surface area contributed by atoms with E-state index < -0.39 is 6.61 Å². The van der Waals surface area contributed by atoms with Crippen molar-refractivity contribution in [3.63, 3.8) is 0 Å². The van der Waals surface area contributed by atoms with E-state index in [1.54, 1.807) is 17.0 Å². The van der Waals surface area contributed by atoms with Crippen LogP contribution in [0.15, 0.2) is 24.3 Å². The molecule has 3 rings (SSSR count). The molecule has 2 amide bonds. The van der Waals surface area contributed by atoms with Crippen molar-refractivity contribution >= 4 is 11.8 Å². The average Bonchev–Trinajstić information content (AvgIpc) is 3.47. The Morgan fingerprint density at radius 1 is 1.11 bits per heavy atom. The minimum Gasteiger partial charge on any atom is -0.435 e. The van der Waals surface area contributed by atoms with E-state index in [0.29, 0.717) is 32.7 Å². The Bertz CT molecular complexity index is 657. The number of carbonyl (C=O) groups excluding carboxylic acids is 2. The van der Waals surface area contributed by atoms with E-state index in [1.165, 1.54) is 12.1 Å². The van der Waals surface area contributed by atoms with Crippen LogP contribution in [0.25, 0.3) is 0 Å². The maximum Gasteiger partial charge on any atom is 0.387 e. The fraction of sp³-hybridized carbons (Fsp3) is 0.579. The molecule has 1 aromatic carbocycles. The van der Waals surface area contributed by atoms with Crippen molar-refractivity contribution in [1.29, 1.82) is 0 Å². The third-order valence-electron chi connectivity index (χ3n) is 4.88. The molecule has 2 aliphatic rings. The van der Waals surface area contributed by atoms with E-state index in [1.807, 2.05) is 16.8 Å². The minimum absolute atomic E-state index is 0.0358. The van der Waals surface area contributed by atoms with Crippen LogP contribution >= 0.6 is 0 Å². The zero-order valence-corrected chi connectivity index (χ0v) is 15.4. The summed E-state index contributed by atoms with van der Waals surface area (Å²) in [5.74, 6) is 0.606. The number of hydrogen-bond acceptors (Lipinski definition) is 4. The highest BCUT2D eigenvalue weighted by molar-refractivity contribution is 5.82. The van der Waals surface area contributed by atoms with Crippen LogP contribution in [0.2, 0.25) is 0 Å². The second-order valence-electron chi connectivity index (χ2n) is 7.18. The van der Waals surface area contributed by atoms with Gasteiger partial charge in [-0.05, 0) is 37.6 Å². The molecule has 0 aromatic heterocycles. The summed E-state index contributed by atoms with van der Waals surface area (Å²) in [6.45, 7) is 0.325. The molecule has 1 aliphatic carbocycles. The number of likely N-dealkylation sites (N-methyl/N-ethyl adjacent to an activating group) is 1. The molecule has 0 atom stereocenters. The lowest BCUT2D eigenvalue weighted by atomic mass is 10.2. The molecule has 6 nitrogen and oxygen atoms in total. The Labute approximate surface area is 157 Å². The van der Waals surface area contributed by atoms with Gasteiger partial charge in [0, 0.05) is 38.6 Å². The maximum absolute atomic E-state index is 12.5. The van der Waals surface area contributed by atoms with Gasteiger partial charge in [-0.25, -0.2) is 0 Å². The highest BCUT2D eigenvalue weighted by Crippen LogP contribution is 2.31. The molecule has 1 aliphatic heterocycles. The van der Waals surface area contributed by atoms with Gasteiger partial charge in [0.25, 0.3) is 0 Å². The van der Waals surface area contributed by atoms with Crippen molar-refractivity contribution in [3.05, 3.63) is 29.8 Å². The first-order valence-corrected chi connectivity index (χ1v) is 9.21. The molecule has 1 saturated carbocycles. The maximum atomic E-state index is 12.5. The van der Waals surface area contributed by atoms with Gasteiger partial charge in [-0.2, -0.15) is 8.78 Å². The Kier molecular flexibility index (Phi) is 6.26. The van der Waals surface area contributed by atoms with Crippen molar-refractivity contribution < 1.29 is 23.1 Å². The number of benzene rings is 1. The monoisotopic (exact) mass is 381 g/mol. The molecular weight excluding hydrogens is 356 g/mol. The first-order chi connectivity index (χ1) is 12.9. The summed E-state index contributed by atoms with van der Waals surface area (Å²) < 4.78 is 28.7. The van der Waals surface area contributed by atoms with Gasteiger partial charge in [0.2, 0.25) is 11.8 Å². The van der Waals surface area contributed by atoms with Gasteiger partial charge < -0.3 is 14.5 Å². The minimum atomic E-state index is -2.84. The summed E-state index contributed by atoms with van der Waals surface area (Å²) in [6.07, 6.45) is 2.00. The van der Waals surface area contributed by atoms with Gasteiger partial charge in [0.15, 0.2) is 0 Å². The molecule has 8 heteroatoms. The molecule has 0 bridgehead atoms. The van der Waals surface area contributed by atoms with Crippen LogP contribution < -0.4 is 4.74 Å². The SMILES string of the molecule is CN(CC(=O)N1CCN(C(=O)C2CC2)CC1)Cc1ccc(OC(F)F)cc1. The van der Waals surface area contributed by atoms with Crippen molar-refractivity contribution in [1.82, 2.24) is 14.7 Å². The number of alkyl halides is 2. The summed E-state index contributed by atoms with van der Waals surface area (Å²) in [5.41, 5.74) is 0.909. The summed E-state index contributed by atoms with van der Waals surface area (Å²) in [5, 5.41) is 0. The Hall–Kier alpha value is -2.22. The number of carbonyl (C=O) groups is 2. The van der Waals surface area contributed by atoms with Crippen LogP contribution in [-0.2, 0) is 16.1 Å². The molecule has 148 valence electrons. The van der Waals surface area contributed by atoms with Gasteiger partial charge in [-0.3, -0.25) is 14.5 Å². The summed E-state index contributed by atoms with van der Waals surface area (Å²) >= 11 is 0. The predicted octanol–water partition coefficient (Wildman–Crippen LogP) is 1.80. The molecule has 2 fully saturated rings. The van der Waals surface area contributed by atoms with E-state index in [-0.39, 0.29) is 30.0 Å². The van der Waals surface area contributed by atoms with Crippen LogP contribution in [0.1, 0.15) is 18.4 Å².